The second kappa shape index (κ2) is 9.08. The molecule has 0 spiro atoms. The first-order chi connectivity index (χ1) is 18.2. The van der Waals surface area contributed by atoms with Gasteiger partial charge in [-0.05, 0) is 55.9 Å². The quantitative estimate of drug-likeness (QED) is 0.341. The van der Waals surface area contributed by atoms with Gasteiger partial charge in [-0.25, -0.2) is 9.97 Å². The molecule has 0 bridgehead atoms. The molecule has 0 saturated carbocycles. The summed E-state index contributed by atoms with van der Waals surface area (Å²) < 4.78 is 4.11. The number of piperidine rings is 1. The average molecular weight is 508 g/mol. The number of fused-ring (bicyclic) bond motifs is 5. The van der Waals surface area contributed by atoms with E-state index in [2.05, 4.69) is 63.0 Å². The zero-order valence-corrected chi connectivity index (χ0v) is 21.8. The highest BCUT2D eigenvalue weighted by atomic mass is 32.1. The van der Waals surface area contributed by atoms with Crippen LogP contribution in [0.3, 0.4) is 0 Å². The summed E-state index contributed by atoms with van der Waals surface area (Å²) in [6.07, 6.45) is 5.62. The van der Waals surface area contributed by atoms with E-state index in [0.29, 0.717) is 0 Å². The first kappa shape index (κ1) is 22.6. The standard InChI is InChI=1S/C30H29N5OS/c1-20-23(29(36)35-18-19-37-30(35)31-20)13-16-33-14-10-22(11-15-33)27-24-7-3-2-6-21(24)12-17-34-26-9-5-4-8-25(26)32-28(27)34/h2-9,18-19H,10-17H2,1H3. The highest BCUT2D eigenvalue weighted by Crippen LogP contribution is 2.37. The third kappa shape index (κ3) is 3.85. The van der Waals surface area contributed by atoms with Gasteiger partial charge in [-0.15, -0.1) is 11.3 Å². The van der Waals surface area contributed by atoms with Crippen molar-refractivity contribution in [1.29, 1.82) is 0 Å². The van der Waals surface area contributed by atoms with E-state index in [1.807, 2.05) is 18.5 Å². The minimum atomic E-state index is 0.0810. The molecule has 6 nitrogen and oxygen atoms in total. The fourth-order valence-electron chi connectivity index (χ4n) is 6.05. The molecule has 0 radical (unpaired) electrons. The molecule has 0 aliphatic carbocycles. The van der Waals surface area contributed by atoms with Crippen molar-refractivity contribution in [3.63, 3.8) is 0 Å². The number of para-hydroxylation sites is 2. The SMILES string of the molecule is Cc1nc2sccn2c(=O)c1CCN1CCC(=C2c3ccccc3CCn3c2nc2ccccc23)CC1. The van der Waals surface area contributed by atoms with Gasteiger partial charge in [0.25, 0.3) is 5.56 Å². The number of benzene rings is 2. The van der Waals surface area contributed by atoms with Crippen LogP contribution < -0.4 is 5.56 Å². The average Bonchev–Trinajstić information content (AvgIpc) is 3.50. The van der Waals surface area contributed by atoms with Crippen molar-refractivity contribution in [3.05, 3.63) is 104 Å². The lowest BCUT2D eigenvalue weighted by molar-refractivity contribution is 0.259. The number of aromatic nitrogens is 4. The second-order valence-corrected chi connectivity index (χ2v) is 11.0. The molecular weight excluding hydrogens is 478 g/mol. The van der Waals surface area contributed by atoms with E-state index in [1.165, 1.54) is 39.1 Å². The van der Waals surface area contributed by atoms with Crippen molar-refractivity contribution in [2.45, 2.75) is 39.2 Å². The van der Waals surface area contributed by atoms with Crippen LogP contribution in [-0.4, -0.2) is 43.5 Å². The van der Waals surface area contributed by atoms with Crippen LogP contribution in [0.4, 0.5) is 0 Å². The fourth-order valence-corrected chi connectivity index (χ4v) is 6.80. The monoisotopic (exact) mass is 507 g/mol. The molecule has 0 amide bonds. The molecule has 5 aromatic rings. The van der Waals surface area contributed by atoms with Crippen molar-refractivity contribution in [2.75, 3.05) is 19.6 Å². The van der Waals surface area contributed by atoms with E-state index < -0.39 is 0 Å². The van der Waals surface area contributed by atoms with Gasteiger partial charge in [0, 0.05) is 54.6 Å². The Morgan fingerprint density at radius 1 is 0.946 bits per heavy atom. The van der Waals surface area contributed by atoms with Gasteiger partial charge in [0.05, 0.1) is 11.0 Å². The third-order valence-electron chi connectivity index (χ3n) is 8.03. The Labute approximate surface area is 219 Å². The highest BCUT2D eigenvalue weighted by Gasteiger charge is 2.26. The maximum absolute atomic E-state index is 13.0. The number of rotatable bonds is 3. The third-order valence-corrected chi connectivity index (χ3v) is 8.78. The lowest BCUT2D eigenvalue weighted by atomic mass is 9.90. The van der Waals surface area contributed by atoms with Crippen LogP contribution in [0.1, 0.15) is 41.1 Å². The zero-order chi connectivity index (χ0) is 24.9. The molecular formula is C30H29N5OS. The first-order valence-corrected chi connectivity index (χ1v) is 14.0. The maximum atomic E-state index is 13.0. The predicted molar refractivity (Wildman–Crippen MR) is 149 cm³/mol. The minimum absolute atomic E-state index is 0.0810. The topological polar surface area (TPSA) is 55.4 Å². The summed E-state index contributed by atoms with van der Waals surface area (Å²) in [4.78, 5) is 26.0. The molecule has 37 heavy (non-hydrogen) atoms. The maximum Gasteiger partial charge on any atom is 0.261 e. The number of aryl methyl sites for hydroxylation is 3. The number of imidazole rings is 1. The normalized spacial score (nSPS) is 16.2. The summed E-state index contributed by atoms with van der Waals surface area (Å²) in [6, 6.07) is 17.4. The molecule has 7 rings (SSSR count). The Kier molecular flexibility index (Phi) is 5.55. The predicted octanol–water partition coefficient (Wildman–Crippen LogP) is 5.11. The molecule has 1 saturated heterocycles. The summed E-state index contributed by atoms with van der Waals surface area (Å²) in [5, 5.41) is 1.92. The molecule has 2 aromatic carbocycles. The van der Waals surface area contributed by atoms with Crippen molar-refractivity contribution in [3.8, 4) is 0 Å². The zero-order valence-electron chi connectivity index (χ0n) is 21.0. The van der Waals surface area contributed by atoms with Crippen molar-refractivity contribution >= 4 is 32.9 Å². The molecule has 0 unspecified atom stereocenters. The highest BCUT2D eigenvalue weighted by molar-refractivity contribution is 7.15. The van der Waals surface area contributed by atoms with Crippen LogP contribution in [-0.2, 0) is 19.4 Å². The molecule has 2 aliphatic rings. The largest absolute Gasteiger partial charge is 0.324 e. The number of thiazole rings is 1. The van der Waals surface area contributed by atoms with Gasteiger partial charge in [0.1, 0.15) is 5.82 Å². The van der Waals surface area contributed by atoms with E-state index >= 15 is 0 Å². The van der Waals surface area contributed by atoms with Gasteiger partial charge in [0.15, 0.2) is 4.96 Å². The molecule has 186 valence electrons. The van der Waals surface area contributed by atoms with Crippen molar-refractivity contribution in [2.24, 2.45) is 0 Å². The van der Waals surface area contributed by atoms with E-state index in [0.717, 1.165) is 79.4 Å². The van der Waals surface area contributed by atoms with E-state index in [9.17, 15) is 4.79 Å². The summed E-state index contributed by atoms with van der Waals surface area (Å²) >= 11 is 1.51. The van der Waals surface area contributed by atoms with Crippen molar-refractivity contribution in [1.82, 2.24) is 23.8 Å². The molecule has 5 heterocycles. The minimum Gasteiger partial charge on any atom is -0.324 e. The number of hydrogen-bond acceptors (Lipinski definition) is 5. The summed E-state index contributed by atoms with van der Waals surface area (Å²) in [5.74, 6) is 1.12. The number of likely N-dealkylation sites (tertiary alicyclic amines) is 1. The Hall–Kier alpha value is -3.55. The molecule has 0 N–H and O–H groups in total. The molecule has 3 aromatic heterocycles. The first-order valence-electron chi connectivity index (χ1n) is 13.1. The van der Waals surface area contributed by atoms with Gasteiger partial charge in [-0.1, -0.05) is 42.0 Å². The summed E-state index contributed by atoms with van der Waals surface area (Å²) in [6.45, 7) is 5.79. The van der Waals surface area contributed by atoms with E-state index in [1.54, 1.807) is 4.40 Å². The number of hydrogen-bond donors (Lipinski definition) is 0. The van der Waals surface area contributed by atoms with Crippen LogP contribution in [0.25, 0.3) is 21.6 Å². The van der Waals surface area contributed by atoms with Gasteiger partial charge in [0.2, 0.25) is 0 Å². The Morgan fingerprint density at radius 2 is 1.76 bits per heavy atom. The molecule has 0 atom stereocenters. The van der Waals surface area contributed by atoms with E-state index in [-0.39, 0.29) is 5.56 Å². The Morgan fingerprint density at radius 3 is 2.65 bits per heavy atom. The molecule has 2 aliphatic heterocycles. The van der Waals surface area contributed by atoms with Crippen molar-refractivity contribution < 1.29 is 0 Å². The van der Waals surface area contributed by atoms with E-state index in [4.69, 9.17) is 4.98 Å². The van der Waals surface area contributed by atoms with Gasteiger partial charge in [-0.2, -0.15) is 0 Å². The van der Waals surface area contributed by atoms with Crippen LogP contribution >= 0.6 is 11.3 Å². The Bertz CT molecular complexity index is 1730. The lowest BCUT2D eigenvalue weighted by Gasteiger charge is -2.30. The molecule has 7 heteroatoms. The molecule has 1 fully saturated rings. The Balaban J connectivity index is 1.18. The summed E-state index contributed by atoms with van der Waals surface area (Å²) in [5.41, 5.74) is 9.67. The van der Waals surface area contributed by atoms with Gasteiger partial charge >= 0.3 is 0 Å². The van der Waals surface area contributed by atoms with Gasteiger partial charge < -0.3 is 9.47 Å². The smallest absolute Gasteiger partial charge is 0.261 e. The lowest BCUT2D eigenvalue weighted by Crippen LogP contribution is -2.34. The van der Waals surface area contributed by atoms with Crippen LogP contribution in [0.15, 0.2) is 70.5 Å². The second-order valence-electron chi connectivity index (χ2n) is 10.1. The number of nitrogens with zero attached hydrogens (tertiary/aromatic N) is 5. The van der Waals surface area contributed by atoms with Crippen LogP contribution in [0.2, 0.25) is 0 Å². The fraction of sp³-hybridized carbons (Fsp3) is 0.300. The van der Waals surface area contributed by atoms with Crippen LogP contribution in [0.5, 0.6) is 0 Å². The van der Waals surface area contributed by atoms with Gasteiger partial charge in [-0.3, -0.25) is 9.20 Å². The van der Waals surface area contributed by atoms with Crippen LogP contribution in [0, 0.1) is 6.92 Å². The summed E-state index contributed by atoms with van der Waals surface area (Å²) in [7, 11) is 0.